The lowest BCUT2D eigenvalue weighted by Gasteiger charge is -2.13. The molecule has 2 atom stereocenters. The van der Waals surface area contributed by atoms with E-state index in [4.69, 9.17) is 9.84 Å². The molecule has 84 valence electrons. The molecule has 0 spiro atoms. The molecule has 0 fully saturated rings. The van der Waals surface area contributed by atoms with Gasteiger partial charge < -0.3 is 9.84 Å². The molecule has 0 unspecified atom stereocenters. The van der Waals surface area contributed by atoms with Gasteiger partial charge in [-0.15, -0.1) is 0 Å². The lowest BCUT2D eigenvalue weighted by molar-refractivity contribution is 0.0371. The van der Waals surface area contributed by atoms with Crippen LogP contribution >= 0.6 is 0 Å². The normalized spacial score (nSPS) is 14.9. The fraction of sp³-hybridized carbons (Fsp3) is 0.538. The van der Waals surface area contributed by atoms with Gasteiger partial charge in [-0.2, -0.15) is 0 Å². The number of aliphatic hydroxyl groups excluding tert-OH is 1. The summed E-state index contributed by atoms with van der Waals surface area (Å²) < 4.78 is 5.67. The van der Waals surface area contributed by atoms with E-state index < -0.39 is 0 Å². The van der Waals surface area contributed by atoms with Crippen LogP contribution in [0.15, 0.2) is 30.3 Å². The van der Waals surface area contributed by atoms with Crippen LogP contribution in [0, 0.1) is 0 Å². The molecule has 1 rings (SSSR count). The molecule has 0 aromatic heterocycles. The predicted molar refractivity (Wildman–Crippen MR) is 61.6 cm³/mol. The monoisotopic (exact) mass is 208 g/mol. The number of hydrogen-bond donors (Lipinski definition) is 1. The maximum absolute atomic E-state index is 9.13. The highest BCUT2D eigenvalue weighted by Crippen LogP contribution is 2.08. The average molecular weight is 208 g/mol. The van der Waals surface area contributed by atoms with Crippen molar-refractivity contribution in [2.75, 3.05) is 0 Å². The van der Waals surface area contributed by atoms with Crippen LogP contribution in [0.1, 0.15) is 32.3 Å². The van der Waals surface area contributed by atoms with E-state index in [-0.39, 0.29) is 12.2 Å². The molecule has 15 heavy (non-hydrogen) atoms. The summed E-state index contributed by atoms with van der Waals surface area (Å²) >= 11 is 0. The van der Waals surface area contributed by atoms with Crippen LogP contribution in [-0.2, 0) is 11.3 Å². The highest BCUT2D eigenvalue weighted by molar-refractivity contribution is 5.13. The lowest BCUT2D eigenvalue weighted by Crippen LogP contribution is -2.11. The Kier molecular flexibility index (Phi) is 5.37. The predicted octanol–water partition coefficient (Wildman–Crippen LogP) is 2.75. The molecule has 0 radical (unpaired) electrons. The first kappa shape index (κ1) is 12.2. The lowest BCUT2D eigenvalue weighted by atomic mass is 10.1. The van der Waals surface area contributed by atoms with Crippen molar-refractivity contribution in [2.24, 2.45) is 0 Å². The molecule has 2 heteroatoms. The number of rotatable bonds is 6. The molecule has 0 aliphatic rings. The van der Waals surface area contributed by atoms with Crippen LogP contribution in [0.5, 0.6) is 0 Å². The first-order valence-electron chi connectivity index (χ1n) is 5.52. The van der Waals surface area contributed by atoms with Crippen molar-refractivity contribution in [2.45, 2.75) is 45.5 Å². The fourth-order valence-corrected chi connectivity index (χ4v) is 1.37. The Balaban J connectivity index is 2.19. The third-order valence-corrected chi connectivity index (χ3v) is 2.37. The molecule has 0 saturated heterocycles. The van der Waals surface area contributed by atoms with Crippen molar-refractivity contribution in [3.05, 3.63) is 35.9 Å². The summed E-state index contributed by atoms with van der Waals surface area (Å²) in [6, 6.07) is 10.1. The Labute approximate surface area is 91.9 Å². The van der Waals surface area contributed by atoms with Crippen molar-refractivity contribution >= 4 is 0 Å². The maximum Gasteiger partial charge on any atom is 0.0720 e. The SMILES string of the molecule is C[C@H](CC[C@@H](C)O)OCc1ccccc1. The van der Waals surface area contributed by atoms with E-state index in [0.29, 0.717) is 6.61 Å². The van der Waals surface area contributed by atoms with Crippen LogP contribution in [0.4, 0.5) is 0 Å². The molecule has 0 bridgehead atoms. The molecule has 0 saturated carbocycles. The fourth-order valence-electron chi connectivity index (χ4n) is 1.37. The number of aliphatic hydroxyl groups is 1. The number of hydrogen-bond acceptors (Lipinski definition) is 2. The van der Waals surface area contributed by atoms with Gasteiger partial charge in [0, 0.05) is 0 Å². The molecule has 0 aliphatic heterocycles. The van der Waals surface area contributed by atoms with E-state index in [2.05, 4.69) is 12.1 Å². The molecule has 2 nitrogen and oxygen atoms in total. The second-order valence-electron chi connectivity index (χ2n) is 4.03. The van der Waals surface area contributed by atoms with E-state index in [9.17, 15) is 0 Å². The van der Waals surface area contributed by atoms with Gasteiger partial charge in [-0.1, -0.05) is 30.3 Å². The Bertz CT molecular complexity index is 256. The zero-order valence-corrected chi connectivity index (χ0v) is 9.52. The van der Waals surface area contributed by atoms with E-state index in [0.717, 1.165) is 12.8 Å². The molecule has 1 aromatic rings. The molecule has 1 aromatic carbocycles. The summed E-state index contributed by atoms with van der Waals surface area (Å²) in [7, 11) is 0. The minimum Gasteiger partial charge on any atom is -0.393 e. The van der Waals surface area contributed by atoms with Crippen LogP contribution in [0.3, 0.4) is 0 Å². The van der Waals surface area contributed by atoms with Gasteiger partial charge in [0.15, 0.2) is 0 Å². The van der Waals surface area contributed by atoms with Crippen molar-refractivity contribution in [1.82, 2.24) is 0 Å². The summed E-state index contributed by atoms with van der Waals surface area (Å²) in [5, 5.41) is 9.13. The van der Waals surface area contributed by atoms with Gasteiger partial charge in [0.05, 0.1) is 18.8 Å². The van der Waals surface area contributed by atoms with E-state index in [1.54, 1.807) is 0 Å². The molecular formula is C13H20O2. The second-order valence-corrected chi connectivity index (χ2v) is 4.03. The summed E-state index contributed by atoms with van der Waals surface area (Å²) in [5.41, 5.74) is 1.20. The molecule has 0 heterocycles. The summed E-state index contributed by atoms with van der Waals surface area (Å²) in [6.07, 6.45) is 1.69. The van der Waals surface area contributed by atoms with Gasteiger partial charge in [-0.05, 0) is 32.3 Å². The van der Waals surface area contributed by atoms with Gasteiger partial charge in [0.25, 0.3) is 0 Å². The Morgan fingerprint density at radius 2 is 1.80 bits per heavy atom. The molecule has 0 amide bonds. The summed E-state index contributed by atoms with van der Waals surface area (Å²) in [6.45, 7) is 4.51. The molecule has 0 aliphatic carbocycles. The Morgan fingerprint density at radius 3 is 2.40 bits per heavy atom. The minimum atomic E-state index is -0.229. The van der Waals surface area contributed by atoms with Crippen molar-refractivity contribution < 1.29 is 9.84 Å². The van der Waals surface area contributed by atoms with E-state index >= 15 is 0 Å². The summed E-state index contributed by atoms with van der Waals surface area (Å²) in [4.78, 5) is 0. The quantitative estimate of drug-likeness (QED) is 0.779. The zero-order chi connectivity index (χ0) is 11.1. The first-order chi connectivity index (χ1) is 7.18. The van der Waals surface area contributed by atoms with E-state index in [1.807, 2.05) is 32.0 Å². The topological polar surface area (TPSA) is 29.5 Å². The standard InChI is InChI=1S/C13H20O2/c1-11(14)8-9-12(2)15-10-13-6-4-3-5-7-13/h3-7,11-12,14H,8-10H2,1-2H3/t11-,12-/m1/s1. The number of ether oxygens (including phenoxy) is 1. The maximum atomic E-state index is 9.13. The summed E-state index contributed by atoms with van der Waals surface area (Å²) in [5.74, 6) is 0. The third kappa shape index (κ3) is 5.55. The average Bonchev–Trinajstić information content (AvgIpc) is 2.25. The van der Waals surface area contributed by atoms with Crippen molar-refractivity contribution in [1.29, 1.82) is 0 Å². The van der Waals surface area contributed by atoms with Gasteiger partial charge in [0.1, 0.15) is 0 Å². The van der Waals surface area contributed by atoms with Gasteiger partial charge >= 0.3 is 0 Å². The highest BCUT2D eigenvalue weighted by Gasteiger charge is 2.04. The van der Waals surface area contributed by atoms with Gasteiger partial charge in [-0.25, -0.2) is 0 Å². The number of benzene rings is 1. The molecule has 1 N–H and O–H groups in total. The Hall–Kier alpha value is -0.860. The zero-order valence-electron chi connectivity index (χ0n) is 9.52. The van der Waals surface area contributed by atoms with E-state index in [1.165, 1.54) is 5.56 Å². The minimum absolute atomic E-state index is 0.208. The van der Waals surface area contributed by atoms with Crippen LogP contribution < -0.4 is 0 Å². The van der Waals surface area contributed by atoms with Gasteiger partial charge in [-0.3, -0.25) is 0 Å². The van der Waals surface area contributed by atoms with Crippen LogP contribution in [0.25, 0.3) is 0 Å². The van der Waals surface area contributed by atoms with Crippen LogP contribution in [-0.4, -0.2) is 17.3 Å². The van der Waals surface area contributed by atoms with Crippen molar-refractivity contribution in [3.63, 3.8) is 0 Å². The first-order valence-corrected chi connectivity index (χ1v) is 5.52. The van der Waals surface area contributed by atoms with Crippen LogP contribution in [0.2, 0.25) is 0 Å². The highest BCUT2D eigenvalue weighted by atomic mass is 16.5. The largest absolute Gasteiger partial charge is 0.393 e. The smallest absolute Gasteiger partial charge is 0.0720 e. The molecular weight excluding hydrogens is 188 g/mol. The second kappa shape index (κ2) is 6.59. The Morgan fingerprint density at radius 1 is 1.13 bits per heavy atom. The van der Waals surface area contributed by atoms with Gasteiger partial charge in [0.2, 0.25) is 0 Å². The third-order valence-electron chi connectivity index (χ3n) is 2.37. The van der Waals surface area contributed by atoms with Crippen molar-refractivity contribution in [3.8, 4) is 0 Å².